The van der Waals surface area contributed by atoms with Gasteiger partial charge in [0.15, 0.2) is 0 Å². The van der Waals surface area contributed by atoms with Crippen LogP contribution in [0.2, 0.25) is 0 Å². The van der Waals surface area contributed by atoms with Crippen molar-refractivity contribution in [2.24, 2.45) is 5.92 Å². The number of carbonyl (C=O) groups is 2. The Balaban J connectivity index is 1.40. The number of hydrogen-bond acceptors (Lipinski definition) is 6. The molecule has 1 atom stereocenters. The van der Waals surface area contributed by atoms with Crippen LogP contribution in [0, 0.1) is 19.8 Å². The first kappa shape index (κ1) is 23.4. The zero-order valence-electron chi connectivity index (χ0n) is 18.8. The van der Waals surface area contributed by atoms with Gasteiger partial charge in [-0.3, -0.25) is 9.59 Å². The number of aryl methyl sites for hydroxylation is 1. The smallest absolute Gasteiger partial charge is 0.311 e. The molecule has 2 saturated heterocycles. The van der Waals surface area contributed by atoms with Gasteiger partial charge in [0.05, 0.1) is 24.0 Å². The summed E-state index contributed by atoms with van der Waals surface area (Å²) in [5.41, 5.74) is 3.49. The molecule has 176 valence electrons. The molecular formula is C24H28N2O6S. The second kappa shape index (κ2) is 9.62. The molecule has 0 saturated carbocycles. The van der Waals surface area contributed by atoms with E-state index in [0.717, 1.165) is 16.8 Å². The van der Waals surface area contributed by atoms with E-state index in [1.54, 1.807) is 17.0 Å². The minimum absolute atomic E-state index is 0.0561. The summed E-state index contributed by atoms with van der Waals surface area (Å²) < 4.78 is 37.8. The van der Waals surface area contributed by atoms with Gasteiger partial charge in [-0.2, -0.15) is 4.31 Å². The second-order valence-electron chi connectivity index (χ2n) is 8.40. The average Bonchev–Trinajstić information content (AvgIpc) is 3.21. The Kier molecular flexibility index (Phi) is 6.83. The van der Waals surface area contributed by atoms with Crippen LogP contribution < -0.4 is 4.90 Å². The van der Waals surface area contributed by atoms with Gasteiger partial charge in [-0.1, -0.05) is 24.3 Å². The minimum atomic E-state index is -3.63. The van der Waals surface area contributed by atoms with Crippen molar-refractivity contribution in [1.82, 2.24) is 4.31 Å². The summed E-state index contributed by atoms with van der Waals surface area (Å²) in [4.78, 5) is 27.1. The Bertz CT molecular complexity index is 1160. The van der Waals surface area contributed by atoms with Crippen molar-refractivity contribution in [2.75, 3.05) is 37.7 Å². The summed E-state index contributed by atoms with van der Waals surface area (Å²) in [6.07, 6.45) is 0.0949. The van der Waals surface area contributed by atoms with E-state index in [9.17, 15) is 18.0 Å². The minimum Gasteiger partial charge on any atom is -0.461 e. The summed E-state index contributed by atoms with van der Waals surface area (Å²) >= 11 is 0. The third-order valence-corrected chi connectivity index (χ3v) is 8.11. The summed E-state index contributed by atoms with van der Waals surface area (Å²) in [5.74, 6) is -1.13. The molecule has 2 aliphatic rings. The number of nitrogens with zero attached hydrogens (tertiary/aromatic N) is 2. The molecule has 0 spiro atoms. The Hall–Kier alpha value is -2.75. The van der Waals surface area contributed by atoms with E-state index < -0.39 is 21.9 Å². The van der Waals surface area contributed by atoms with Gasteiger partial charge in [-0.15, -0.1) is 0 Å². The van der Waals surface area contributed by atoms with E-state index in [2.05, 4.69) is 0 Å². The zero-order chi connectivity index (χ0) is 23.6. The van der Waals surface area contributed by atoms with Gasteiger partial charge >= 0.3 is 5.97 Å². The van der Waals surface area contributed by atoms with Crippen molar-refractivity contribution in [3.8, 4) is 0 Å². The molecule has 2 heterocycles. The molecule has 4 rings (SSSR count). The standard InChI is InChI=1S/C24H28N2O6S/c1-17-5-3-8-22(18(17)2)26-15-20(14-23(26)27)24(28)32-16-19-6-4-7-21(13-19)33(29,30)25-9-11-31-12-10-25/h3-8,13,20H,9-12,14-16H2,1-2H3. The van der Waals surface area contributed by atoms with E-state index in [0.29, 0.717) is 31.9 Å². The first-order chi connectivity index (χ1) is 15.8. The van der Waals surface area contributed by atoms with Crippen molar-refractivity contribution in [3.05, 3.63) is 59.2 Å². The van der Waals surface area contributed by atoms with Gasteiger partial charge in [0, 0.05) is 31.7 Å². The molecule has 33 heavy (non-hydrogen) atoms. The SMILES string of the molecule is Cc1cccc(N2CC(C(=O)OCc3cccc(S(=O)(=O)N4CCOCC4)c3)CC2=O)c1C. The predicted molar refractivity (Wildman–Crippen MR) is 122 cm³/mol. The number of morpholine rings is 1. The van der Waals surface area contributed by atoms with E-state index in [1.807, 2.05) is 32.0 Å². The van der Waals surface area contributed by atoms with Crippen LogP contribution in [0.4, 0.5) is 5.69 Å². The summed E-state index contributed by atoms with van der Waals surface area (Å²) in [6.45, 7) is 5.53. The molecule has 0 radical (unpaired) electrons. The highest BCUT2D eigenvalue weighted by Gasteiger charge is 2.37. The van der Waals surface area contributed by atoms with Crippen molar-refractivity contribution in [2.45, 2.75) is 31.8 Å². The van der Waals surface area contributed by atoms with Crippen LogP contribution in [0.25, 0.3) is 0 Å². The number of esters is 1. The fourth-order valence-electron chi connectivity index (χ4n) is 4.13. The topological polar surface area (TPSA) is 93.2 Å². The lowest BCUT2D eigenvalue weighted by molar-refractivity contribution is -0.149. The third kappa shape index (κ3) is 4.95. The van der Waals surface area contributed by atoms with Gasteiger partial charge in [0.25, 0.3) is 0 Å². The van der Waals surface area contributed by atoms with Gasteiger partial charge in [-0.25, -0.2) is 8.42 Å². The van der Waals surface area contributed by atoms with Gasteiger partial charge in [0.2, 0.25) is 15.9 Å². The highest BCUT2D eigenvalue weighted by atomic mass is 32.2. The maximum absolute atomic E-state index is 12.9. The normalized spacial score (nSPS) is 19.6. The van der Waals surface area contributed by atoms with Crippen LogP contribution in [-0.2, 0) is 35.7 Å². The molecule has 2 fully saturated rings. The Morgan fingerprint density at radius 3 is 2.61 bits per heavy atom. The number of sulfonamides is 1. The monoisotopic (exact) mass is 472 g/mol. The highest BCUT2D eigenvalue weighted by Crippen LogP contribution is 2.30. The maximum atomic E-state index is 12.9. The quantitative estimate of drug-likeness (QED) is 0.600. The maximum Gasteiger partial charge on any atom is 0.311 e. The predicted octanol–water partition coefficient (Wildman–Crippen LogP) is 2.42. The average molecular weight is 473 g/mol. The summed E-state index contributed by atoms with van der Waals surface area (Å²) in [7, 11) is -3.63. The number of benzene rings is 2. The molecule has 0 aliphatic carbocycles. The molecule has 8 nitrogen and oxygen atoms in total. The number of rotatable bonds is 6. The van der Waals surface area contributed by atoms with Crippen LogP contribution in [0.5, 0.6) is 0 Å². The lowest BCUT2D eigenvalue weighted by atomic mass is 10.1. The van der Waals surface area contributed by atoms with Crippen molar-refractivity contribution in [1.29, 1.82) is 0 Å². The molecule has 2 aromatic rings. The molecular weight excluding hydrogens is 444 g/mol. The first-order valence-corrected chi connectivity index (χ1v) is 12.4. The zero-order valence-corrected chi connectivity index (χ0v) is 19.6. The van der Waals surface area contributed by atoms with E-state index in [4.69, 9.17) is 9.47 Å². The van der Waals surface area contributed by atoms with Gasteiger partial charge < -0.3 is 14.4 Å². The van der Waals surface area contributed by atoms with Crippen LogP contribution >= 0.6 is 0 Å². The van der Waals surface area contributed by atoms with Crippen molar-refractivity contribution in [3.63, 3.8) is 0 Å². The molecule has 2 aliphatic heterocycles. The molecule has 0 aromatic heterocycles. The number of anilines is 1. The highest BCUT2D eigenvalue weighted by molar-refractivity contribution is 7.89. The molecule has 0 bridgehead atoms. The van der Waals surface area contributed by atoms with E-state index in [-0.39, 0.29) is 30.4 Å². The largest absolute Gasteiger partial charge is 0.461 e. The second-order valence-corrected chi connectivity index (χ2v) is 10.3. The summed E-state index contributed by atoms with van der Waals surface area (Å²) in [6, 6.07) is 12.2. The Morgan fingerprint density at radius 1 is 1.12 bits per heavy atom. The number of hydrogen-bond donors (Lipinski definition) is 0. The molecule has 1 amide bonds. The van der Waals surface area contributed by atoms with Crippen LogP contribution in [-0.4, -0.2) is 57.4 Å². The van der Waals surface area contributed by atoms with E-state index >= 15 is 0 Å². The number of carbonyl (C=O) groups excluding carboxylic acids is 2. The summed E-state index contributed by atoms with van der Waals surface area (Å²) in [5, 5.41) is 0. The Morgan fingerprint density at radius 2 is 1.85 bits per heavy atom. The first-order valence-electron chi connectivity index (χ1n) is 11.0. The fraction of sp³-hybridized carbons (Fsp3) is 0.417. The van der Waals surface area contributed by atoms with Gasteiger partial charge in [0.1, 0.15) is 6.61 Å². The third-order valence-electron chi connectivity index (χ3n) is 6.21. The lowest BCUT2D eigenvalue weighted by Crippen LogP contribution is -2.40. The van der Waals surface area contributed by atoms with Crippen LogP contribution in [0.3, 0.4) is 0 Å². The molecule has 0 N–H and O–H groups in total. The van der Waals surface area contributed by atoms with Crippen LogP contribution in [0.15, 0.2) is 47.4 Å². The fourth-order valence-corrected chi connectivity index (χ4v) is 5.61. The van der Waals surface area contributed by atoms with E-state index in [1.165, 1.54) is 16.4 Å². The van der Waals surface area contributed by atoms with Crippen LogP contribution in [0.1, 0.15) is 23.1 Å². The van der Waals surface area contributed by atoms with Crippen molar-refractivity contribution < 1.29 is 27.5 Å². The number of amides is 1. The van der Waals surface area contributed by atoms with Gasteiger partial charge in [-0.05, 0) is 48.7 Å². The molecule has 1 unspecified atom stereocenters. The molecule has 9 heteroatoms. The van der Waals surface area contributed by atoms with Crippen molar-refractivity contribution >= 4 is 27.6 Å². The number of ether oxygens (including phenoxy) is 2. The Labute approximate surface area is 194 Å². The molecule has 2 aromatic carbocycles. The lowest BCUT2D eigenvalue weighted by Gasteiger charge is -2.26.